The van der Waals surface area contributed by atoms with Crippen LogP contribution in [-0.2, 0) is 5.41 Å². The predicted octanol–water partition coefficient (Wildman–Crippen LogP) is 20.0. The Balaban J connectivity index is 0.877. The Morgan fingerprint density at radius 2 is 0.618 bits per heavy atom. The molecule has 0 saturated heterocycles. The minimum absolute atomic E-state index is 0.468. The molecule has 0 bridgehead atoms. The zero-order valence-electron chi connectivity index (χ0n) is 41.2. The third-order valence-corrected chi connectivity index (χ3v) is 16.3. The number of rotatable bonds is 7. The minimum Gasteiger partial charge on any atom is -0.455 e. The van der Waals surface area contributed by atoms with E-state index in [-0.39, 0.29) is 0 Å². The van der Waals surface area contributed by atoms with Gasteiger partial charge in [-0.1, -0.05) is 206 Å². The number of hydrogen-bond donors (Lipinski definition) is 0. The Labute approximate surface area is 439 Å². The molecule has 0 aliphatic heterocycles. The van der Waals surface area contributed by atoms with Crippen LogP contribution in [0.5, 0.6) is 0 Å². The van der Waals surface area contributed by atoms with Crippen molar-refractivity contribution in [2.45, 2.75) is 5.41 Å². The number of furan rings is 2. The fourth-order valence-corrected chi connectivity index (χ4v) is 13.0. The highest BCUT2D eigenvalue weighted by atomic mass is 16.3. The molecule has 2 aliphatic rings. The molecule has 16 rings (SSSR count). The Kier molecular flexibility index (Phi) is 9.25. The first-order valence-electron chi connectivity index (χ1n) is 26.1. The van der Waals surface area contributed by atoms with Crippen molar-refractivity contribution in [3.63, 3.8) is 0 Å². The largest absolute Gasteiger partial charge is 0.455 e. The van der Waals surface area contributed by atoms with Crippen molar-refractivity contribution in [2.24, 2.45) is 0 Å². The highest BCUT2D eigenvalue weighted by molar-refractivity contribution is 6.12. The summed E-state index contributed by atoms with van der Waals surface area (Å²) in [6, 6.07) is 99.5. The molecule has 3 heteroatoms. The van der Waals surface area contributed by atoms with Crippen molar-refractivity contribution in [1.29, 1.82) is 0 Å². The maximum atomic E-state index is 6.69. The van der Waals surface area contributed by atoms with Crippen LogP contribution in [0.15, 0.2) is 282 Å². The quantitative estimate of drug-likeness (QED) is 0.159. The van der Waals surface area contributed by atoms with E-state index in [2.05, 4.69) is 266 Å². The molecule has 0 radical (unpaired) electrons. The van der Waals surface area contributed by atoms with Crippen molar-refractivity contribution in [3.05, 3.63) is 295 Å². The summed E-state index contributed by atoms with van der Waals surface area (Å²) in [7, 11) is 0. The van der Waals surface area contributed by atoms with Crippen LogP contribution in [0.1, 0.15) is 22.3 Å². The van der Waals surface area contributed by atoms with Crippen LogP contribution in [-0.4, -0.2) is 0 Å². The van der Waals surface area contributed by atoms with E-state index in [1.54, 1.807) is 0 Å². The zero-order valence-corrected chi connectivity index (χ0v) is 41.2. The molecule has 2 aliphatic carbocycles. The maximum absolute atomic E-state index is 6.69. The number of hydrogen-bond acceptors (Lipinski definition) is 3. The topological polar surface area (TPSA) is 29.5 Å². The molecule has 354 valence electrons. The molecule has 0 amide bonds. The highest BCUT2D eigenvalue weighted by Gasteiger charge is 2.51. The number of para-hydroxylation sites is 4. The Morgan fingerprint density at radius 3 is 1.14 bits per heavy atom. The molecule has 0 atom stereocenters. The molecular formula is C73H45NO2. The summed E-state index contributed by atoms with van der Waals surface area (Å²) in [6.07, 6.45) is 0. The predicted molar refractivity (Wildman–Crippen MR) is 314 cm³/mol. The first-order valence-corrected chi connectivity index (χ1v) is 26.1. The molecule has 2 heterocycles. The van der Waals surface area contributed by atoms with Gasteiger partial charge < -0.3 is 13.7 Å². The van der Waals surface area contributed by atoms with E-state index in [1.165, 1.54) is 55.6 Å². The summed E-state index contributed by atoms with van der Waals surface area (Å²) in [5, 5.41) is 4.42. The maximum Gasteiger partial charge on any atom is 0.143 e. The van der Waals surface area contributed by atoms with Gasteiger partial charge in [-0.2, -0.15) is 0 Å². The standard InChI is InChI=1S/C73H45NO2/c1-2-16-46(17-3-1)47-32-36-52(37-33-47)74(54-40-41-60-59-20-6-11-29-67(59)73(68(60)45-54)65-27-9-4-18-57(65)58-19-5-10-28-66(58)73)53-38-34-48(35-39-53)49-42-50(55-23-14-25-63-61-21-7-12-30-69(61)75-71(55)63)44-51(43-49)56-24-15-26-64-62-22-8-13-31-70(62)76-72(56)64/h1-45H. The van der Waals surface area contributed by atoms with Gasteiger partial charge in [-0.3, -0.25) is 0 Å². The first kappa shape index (κ1) is 42.5. The summed E-state index contributed by atoms with van der Waals surface area (Å²) < 4.78 is 13.4. The third kappa shape index (κ3) is 6.23. The summed E-state index contributed by atoms with van der Waals surface area (Å²) in [5.74, 6) is 0. The monoisotopic (exact) mass is 967 g/mol. The van der Waals surface area contributed by atoms with Gasteiger partial charge in [0.25, 0.3) is 0 Å². The average molecular weight is 968 g/mol. The summed E-state index contributed by atoms with van der Waals surface area (Å²) >= 11 is 0. The van der Waals surface area contributed by atoms with E-state index >= 15 is 0 Å². The lowest BCUT2D eigenvalue weighted by atomic mass is 9.70. The van der Waals surface area contributed by atoms with Gasteiger partial charge in [0.05, 0.1) is 5.41 Å². The number of anilines is 3. The summed E-state index contributed by atoms with van der Waals surface area (Å²) in [5.41, 5.74) is 25.5. The smallest absolute Gasteiger partial charge is 0.143 e. The molecule has 3 nitrogen and oxygen atoms in total. The highest BCUT2D eigenvalue weighted by Crippen LogP contribution is 2.63. The molecule has 1 spiro atoms. The normalized spacial score (nSPS) is 12.8. The first-order chi connectivity index (χ1) is 37.7. The van der Waals surface area contributed by atoms with E-state index in [4.69, 9.17) is 8.83 Å². The van der Waals surface area contributed by atoms with Crippen molar-refractivity contribution in [3.8, 4) is 66.8 Å². The van der Waals surface area contributed by atoms with Gasteiger partial charge in [-0.15, -0.1) is 0 Å². The molecule has 76 heavy (non-hydrogen) atoms. The molecule has 14 aromatic rings. The van der Waals surface area contributed by atoms with Gasteiger partial charge in [0, 0.05) is 49.7 Å². The molecule has 2 aromatic heterocycles. The number of benzene rings is 12. The van der Waals surface area contributed by atoms with Gasteiger partial charge in [-0.25, -0.2) is 0 Å². The molecule has 12 aromatic carbocycles. The van der Waals surface area contributed by atoms with Crippen molar-refractivity contribution in [2.75, 3.05) is 4.90 Å². The molecular weight excluding hydrogens is 923 g/mol. The van der Waals surface area contributed by atoms with Crippen molar-refractivity contribution >= 4 is 60.9 Å². The second kappa shape index (κ2) is 16.5. The lowest BCUT2D eigenvalue weighted by Gasteiger charge is -2.32. The number of nitrogens with zero attached hydrogens (tertiary/aromatic N) is 1. The van der Waals surface area contributed by atoms with E-state index in [0.29, 0.717) is 0 Å². The second-order valence-corrected chi connectivity index (χ2v) is 20.3. The summed E-state index contributed by atoms with van der Waals surface area (Å²) in [4.78, 5) is 2.43. The van der Waals surface area contributed by atoms with Gasteiger partial charge in [0.1, 0.15) is 22.3 Å². The average Bonchev–Trinajstić information content (AvgIpc) is 4.43. The van der Waals surface area contributed by atoms with E-state index < -0.39 is 5.41 Å². The van der Waals surface area contributed by atoms with E-state index in [9.17, 15) is 0 Å². The van der Waals surface area contributed by atoms with Crippen molar-refractivity contribution in [1.82, 2.24) is 0 Å². The van der Waals surface area contributed by atoms with E-state index in [0.717, 1.165) is 94.3 Å². The lowest BCUT2D eigenvalue weighted by molar-refractivity contribution is 0.670. The van der Waals surface area contributed by atoms with Crippen LogP contribution in [0, 0.1) is 0 Å². The Hall–Kier alpha value is -9.96. The minimum atomic E-state index is -0.468. The van der Waals surface area contributed by atoms with E-state index in [1.807, 2.05) is 12.1 Å². The number of fused-ring (bicyclic) bond motifs is 16. The zero-order chi connectivity index (χ0) is 49.9. The molecule has 0 N–H and O–H groups in total. The van der Waals surface area contributed by atoms with Crippen molar-refractivity contribution < 1.29 is 8.83 Å². The van der Waals surface area contributed by atoms with Crippen LogP contribution in [0.25, 0.3) is 111 Å². The lowest BCUT2D eigenvalue weighted by Crippen LogP contribution is -2.26. The SMILES string of the molecule is c1ccc(-c2ccc(N(c3ccc(-c4cc(-c5cccc6c5oc5ccccc56)cc(-c5cccc6c5oc5ccccc56)c4)cc3)c3ccc4c(c3)C3(c5ccccc5-c5ccccc53)c3ccccc3-4)cc2)cc1. The van der Waals surface area contributed by atoms with Crippen LogP contribution in [0.3, 0.4) is 0 Å². The van der Waals surface area contributed by atoms with Crippen LogP contribution < -0.4 is 4.90 Å². The molecule has 0 unspecified atom stereocenters. The fraction of sp³-hybridized carbons (Fsp3) is 0.0137. The van der Waals surface area contributed by atoms with Gasteiger partial charge in [-0.05, 0) is 145 Å². The Bertz CT molecular complexity index is 4440. The second-order valence-electron chi connectivity index (χ2n) is 20.3. The van der Waals surface area contributed by atoms with Crippen LogP contribution >= 0.6 is 0 Å². The van der Waals surface area contributed by atoms with Crippen LogP contribution in [0.4, 0.5) is 17.1 Å². The third-order valence-electron chi connectivity index (χ3n) is 16.3. The van der Waals surface area contributed by atoms with Gasteiger partial charge in [0.15, 0.2) is 0 Å². The van der Waals surface area contributed by atoms with Gasteiger partial charge >= 0.3 is 0 Å². The van der Waals surface area contributed by atoms with Crippen LogP contribution in [0.2, 0.25) is 0 Å². The van der Waals surface area contributed by atoms with Gasteiger partial charge in [0.2, 0.25) is 0 Å². The molecule has 0 fully saturated rings. The fourth-order valence-electron chi connectivity index (χ4n) is 13.0. The Morgan fingerprint density at radius 1 is 0.237 bits per heavy atom. The summed E-state index contributed by atoms with van der Waals surface area (Å²) in [6.45, 7) is 0. The molecule has 0 saturated carbocycles.